The number of nitrogens with zero attached hydrogens (tertiary/aromatic N) is 1. The van der Waals surface area contributed by atoms with E-state index in [-0.39, 0.29) is 24.7 Å². The molecule has 1 amide bonds. The Labute approximate surface area is 149 Å². The van der Waals surface area contributed by atoms with Crippen molar-refractivity contribution in [2.24, 2.45) is 0 Å². The summed E-state index contributed by atoms with van der Waals surface area (Å²) in [5.74, 6) is -0.106. The molecule has 1 heterocycles. The van der Waals surface area contributed by atoms with Crippen molar-refractivity contribution in [3.05, 3.63) is 71.8 Å². The van der Waals surface area contributed by atoms with Crippen molar-refractivity contribution < 1.29 is 14.3 Å². The van der Waals surface area contributed by atoms with Gasteiger partial charge in [0, 0.05) is 0 Å². The number of carbonyl (C=O) groups excluding carboxylic acids is 1. The summed E-state index contributed by atoms with van der Waals surface area (Å²) in [4.78, 5) is 14.2. The van der Waals surface area contributed by atoms with Gasteiger partial charge in [-0.1, -0.05) is 0 Å². The average molecular weight is 388 g/mol. The number of ether oxygens (including phenoxy) is 2. The van der Waals surface area contributed by atoms with Gasteiger partial charge in [0.2, 0.25) is 0 Å². The second-order valence-electron chi connectivity index (χ2n) is 5.70. The second kappa shape index (κ2) is 7.75. The Kier molecular flexibility index (Phi) is 5.46. The minimum absolute atomic E-state index is 0.0231. The van der Waals surface area contributed by atoms with Crippen LogP contribution in [-0.2, 0) is 20.9 Å². The summed E-state index contributed by atoms with van der Waals surface area (Å²) in [5.41, 5.74) is 2.10. The third-order valence-electron chi connectivity index (χ3n) is 4.00. The Bertz CT molecular complexity index is 705. The molecule has 1 fully saturated rings. The Hall–Kier alpha value is -1.94. The Balaban J connectivity index is 1.59. The van der Waals surface area contributed by atoms with Gasteiger partial charge in [0.1, 0.15) is 0 Å². The normalized spacial score (nSPS) is 20.0. The van der Waals surface area contributed by atoms with Crippen LogP contribution in [0.5, 0.6) is 0 Å². The molecule has 124 valence electrons. The van der Waals surface area contributed by atoms with Crippen LogP contribution in [0, 0.1) is 0 Å². The SMILES string of the molecule is C[C@H]1[C@@H](c2ccccc2)OC(=[Se])N1C(=O)COCc1ccccc1. The first kappa shape index (κ1) is 16.9. The third kappa shape index (κ3) is 3.75. The standard InChI is InChI=1S/C19H19NO3Se/c1-14-18(16-10-6-3-7-11-16)23-19(24)20(14)17(21)13-22-12-15-8-4-2-5-9-15/h2-11,14,18H,12-13H2,1H3/t14-,18-/m0/s1. The molecule has 0 aromatic heterocycles. The van der Waals surface area contributed by atoms with Crippen LogP contribution in [0.15, 0.2) is 60.7 Å². The second-order valence-corrected chi connectivity index (χ2v) is 6.43. The predicted molar refractivity (Wildman–Crippen MR) is 93.4 cm³/mol. The van der Waals surface area contributed by atoms with Gasteiger partial charge < -0.3 is 0 Å². The summed E-state index contributed by atoms with van der Waals surface area (Å²) in [6.07, 6.45) is -0.166. The molecule has 0 aliphatic carbocycles. The Morgan fingerprint density at radius 2 is 1.75 bits per heavy atom. The predicted octanol–water partition coefficient (Wildman–Crippen LogP) is 2.45. The van der Waals surface area contributed by atoms with Crippen LogP contribution in [0.4, 0.5) is 0 Å². The monoisotopic (exact) mass is 389 g/mol. The van der Waals surface area contributed by atoms with Crippen LogP contribution in [0.2, 0.25) is 0 Å². The van der Waals surface area contributed by atoms with E-state index in [1.807, 2.05) is 67.6 Å². The number of rotatable bonds is 5. The van der Waals surface area contributed by atoms with Gasteiger partial charge in [-0.2, -0.15) is 0 Å². The zero-order chi connectivity index (χ0) is 16.9. The van der Waals surface area contributed by atoms with Crippen molar-refractivity contribution in [2.75, 3.05) is 6.61 Å². The van der Waals surface area contributed by atoms with E-state index in [9.17, 15) is 4.79 Å². The molecular weight excluding hydrogens is 369 g/mol. The van der Waals surface area contributed by atoms with E-state index >= 15 is 0 Å². The number of hydrogen-bond donors (Lipinski definition) is 0. The molecule has 0 radical (unpaired) electrons. The van der Waals surface area contributed by atoms with Gasteiger partial charge in [-0.05, 0) is 0 Å². The van der Waals surface area contributed by atoms with Crippen molar-refractivity contribution in [2.45, 2.75) is 25.7 Å². The first-order valence-electron chi connectivity index (χ1n) is 7.86. The zero-order valence-corrected chi connectivity index (χ0v) is 15.1. The van der Waals surface area contributed by atoms with E-state index in [0.29, 0.717) is 11.3 Å². The molecule has 0 bridgehead atoms. The summed E-state index contributed by atoms with van der Waals surface area (Å²) < 4.78 is 11.9. The number of benzene rings is 2. The van der Waals surface area contributed by atoms with Crippen LogP contribution in [0.25, 0.3) is 0 Å². The van der Waals surface area contributed by atoms with Crippen molar-refractivity contribution in [1.82, 2.24) is 4.90 Å². The van der Waals surface area contributed by atoms with Crippen molar-refractivity contribution in [1.29, 1.82) is 0 Å². The van der Waals surface area contributed by atoms with Gasteiger partial charge in [-0.3, -0.25) is 0 Å². The van der Waals surface area contributed by atoms with E-state index in [2.05, 4.69) is 15.6 Å². The minimum atomic E-state index is -0.166. The fourth-order valence-electron chi connectivity index (χ4n) is 2.78. The van der Waals surface area contributed by atoms with Crippen LogP contribution >= 0.6 is 0 Å². The summed E-state index contributed by atoms with van der Waals surface area (Å²) in [7, 11) is 0. The van der Waals surface area contributed by atoms with Gasteiger partial charge in [0.15, 0.2) is 0 Å². The summed E-state index contributed by atoms with van der Waals surface area (Å²) in [6.45, 7) is 2.42. The molecule has 2 aromatic carbocycles. The molecule has 1 aliphatic heterocycles. The van der Waals surface area contributed by atoms with Gasteiger partial charge in [-0.25, -0.2) is 0 Å². The Morgan fingerprint density at radius 1 is 1.12 bits per heavy atom. The van der Waals surface area contributed by atoms with E-state index in [1.165, 1.54) is 0 Å². The fourth-order valence-corrected chi connectivity index (χ4v) is 3.56. The van der Waals surface area contributed by atoms with E-state index in [1.54, 1.807) is 4.90 Å². The van der Waals surface area contributed by atoms with Crippen molar-refractivity contribution in [3.63, 3.8) is 0 Å². The molecule has 0 unspecified atom stereocenters. The number of carbonyl (C=O) groups is 1. The molecular formula is C19H19NO3Se. The van der Waals surface area contributed by atoms with Crippen LogP contribution in [-0.4, -0.2) is 43.8 Å². The molecule has 1 aliphatic rings. The molecule has 1 saturated heterocycles. The van der Waals surface area contributed by atoms with Gasteiger partial charge in [0.25, 0.3) is 0 Å². The number of hydrogen-bond acceptors (Lipinski definition) is 3. The quantitative estimate of drug-likeness (QED) is 0.739. The molecule has 4 nitrogen and oxygen atoms in total. The van der Waals surface area contributed by atoms with Crippen LogP contribution in [0.1, 0.15) is 24.2 Å². The third-order valence-corrected chi connectivity index (χ3v) is 4.62. The van der Waals surface area contributed by atoms with E-state index < -0.39 is 0 Å². The van der Waals surface area contributed by atoms with Crippen molar-refractivity contribution in [3.8, 4) is 0 Å². The first-order chi connectivity index (χ1) is 11.7. The molecule has 2 atom stereocenters. The summed E-state index contributed by atoms with van der Waals surface area (Å²) >= 11 is 2.85. The molecule has 24 heavy (non-hydrogen) atoms. The van der Waals surface area contributed by atoms with Crippen LogP contribution in [0.3, 0.4) is 0 Å². The molecule has 0 N–H and O–H groups in total. The summed E-state index contributed by atoms with van der Waals surface area (Å²) in [5, 5.41) is 0. The van der Waals surface area contributed by atoms with Gasteiger partial charge in [0.05, 0.1) is 0 Å². The molecule has 0 spiro atoms. The first-order valence-corrected chi connectivity index (χ1v) is 8.72. The molecule has 0 saturated carbocycles. The Morgan fingerprint density at radius 3 is 2.42 bits per heavy atom. The van der Waals surface area contributed by atoms with E-state index in [4.69, 9.17) is 9.47 Å². The average Bonchev–Trinajstić information content (AvgIpc) is 2.91. The maximum absolute atomic E-state index is 12.5. The maximum atomic E-state index is 12.5. The summed E-state index contributed by atoms with van der Waals surface area (Å²) in [6, 6.07) is 19.6. The topological polar surface area (TPSA) is 38.8 Å². The zero-order valence-electron chi connectivity index (χ0n) is 13.4. The fraction of sp³-hybridized carbons (Fsp3) is 0.263. The van der Waals surface area contributed by atoms with Gasteiger partial charge in [-0.15, -0.1) is 0 Å². The number of amides is 1. The molecule has 5 heteroatoms. The van der Waals surface area contributed by atoms with E-state index in [0.717, 1.165) is 11.1 Å². The van der Waals surface area contributed by atoms with Gasteiger partial charge >= 0.3 is 149 Å². The van der Waals surface area contributed by atoms with Crippen molar-refractivity contribution >= 4 is 26.2 Å². The molecule has 2 aromatic rings. The van der Waals surface area contributed by atoms with Crippen LogP contribution < -0.4 is 0 Å². The molecule has 3 rings (SSSR count).